The minimum Gasteiger partial charge on any atom is -0.466 e. The molecule has 0 aliphatic rings. The van der Waals surface area contributed by atoms with E-state index in [-0.39, 0.29) is 18.5 Å². The number of hydrogen-bond donors (Lipinski definition) is 3. The average molecular weight is 959 g/mol. The Morgan fingerprint density at radius 2 is 0.691 bits per heavy atom. The normalized spacial score (nSPS) is 12.7. The first-order chi connectivity index (χ1) is 33.5. The van der Waals surface area contributed by atoms with Crippen LogP contribution in [0.25, 0.3) is 0 Å². The highest BCUT2D eigenvalue weighted by atomic mass is 16.5. The molecule has 402 valence electrons. The largest absolute Gasteiger partial charge is 0.466 e. The van der Waals surface area contributed by atoms with Crippen molar-refractivity contribution in [1.29, 1.82) is 0 Å². The molecule has 3 N–H and O–H groups in total. The van der Waals surface area contributed by atoms with E-state index in [1.807, 2.05) is 6.08 Å². The van der Waals surface area contributed by atoms with Gasteiger partial charge in [-0.05, 0) is 57.8 Å². The molecule has 0 bridgehead atoms. The van der Waals surface area contributed by atoms with E-state index in [9.17, 15) is 19.8 Å². The summed E-state index contributed by atoms with van der Waals surface area (Å²) in [6, 6.07) is -0.650. The molecular formula is C62H119NO5. The zero-order valence-electron chi connectivity index (χ0n) is 45.9. The van der Waals surface area contributed by atoms with E-state index in [0.29, 0.717) is 19.4 Å². The molecule has 0 aromatic carbocycles. The maximum absolute atomic E-state index is 12.5. The molecule has 0 spiro atoms. The monoisotopic (exact) mass is 958 g/mol. The van der Waals surface area contributed by atoms with Gasteiger partial charge in [0, 0.05) is 12.8 Å². The summed E-state index contributed by atoms with van der Waals surface area (Å²) in [7, 11) is 0. The third-order valence-corrected chi connectivity index (χ3v) is 14.2. The van der Waals surface area contributed by atoms with Gasteiger partial charge in [0.25, 0.3) is 0 Å². The number of carbonyl (C=O) groups excluding carboxylic acids is 2. The van der Waals surface area contributed by atoms with Crippen molar-refractivity contribution in [3.8, 4) is 0 Å². The number of aliphatic hydroxyl groups is 2. The van der Waals surface area contributed by atoms with E-state index in [1.54, 1.807) is 6.08 Å². The second-order valence-corrected chi connectivity index (χ2v) is 21.0. The third kappa shape index (κ3) is 53.7. The molecule has 0 aliphatic heterocycles. The van der Waals surface area contributed by atoms with Crippen LogP contribution in [0.15, 0.2) is 24.3 Å². The Morgan fingerprint density at radius 1 is 0.397 bits per heavy atom. The molecule has 0 radical (unpaired) electrons. The molecule has 0 fully saturated rings. The van der Waals surface area contributed by atoms with Crippen molar-refractivity contribution >= 4 is 11.9 Å². The van der Waals surface area contributed by atoms with Gasteiger partial charge in [0.2, 0.25) is 5.91 Å². The lowest BCUT2D eigenvalue weighted by Crippen LogP contribution is -2.45. The van der Waals surface area contributed by atoms with Gasteiger partial charge in [0.15, 0.2) is 0 Å². The van der Waals surface area contributed by atoms with Gasteiger partial charge in [-0.1, -0.05) is 289 Å². The SMILES string of the molecule is CCCCCCCCCCCCCCCCCCCCCCCC/C=C/C(O)C(CO)NC(=O)CCCCCCC/C=C\CCCCOC(=O)CCCCCCCCCCCCCCCCCC. The Morgan fingerprint density at radius 3 is 1.04 bits per heavy atom. The number of hydrogen-bond acceptors (Lipinski definition) is 5. The van der Waals surface area contributed by atoms with Crippen molar-refractivity contribution < 1.29 is 24.5 Å². The molecule has 2 unspecified atom stereocenters. The maximum Gasteiger partial charge on any atom is 0.305 e. The molecule has 0 rings (SSSR count). The zero-order chi connectivity index (χ0) is 49.3. The standard InChI is InChI=1S/C62H119NO5/c1-3-5-7-9-11-13-15-17-19-21-22-23-24-25-26-27-28-29-31-34-38-42-46-50-54-60(65)59(58-64)63-61(66)55-51-47-43-39-35-33-37-41-45-49-53-57-68-62(67)56-52-48-44-40-36-32-30-20-18-16-14-12-10-8-6-4-2/h37,41,50,54,59-60,64-65H,3-36,38-40,42-49,51-53,55-58H2,1-2H3,(H,63,66)/b41-37-,54-50+. The number of carbonyl (C=O) groups is 2. The number of unbranched alkanes of at least 4 members (excludes halogenated alkanes) is 44. The molecule has 6 heteroatoms. The van der Waals surface area contributed by atoms with Gasteiger partial charge < -0.3 is 20.3 Å². The summed E-state index contributed by atoms with van der Waals surface area (Å²) in [5.41, 5.74) is 0. The van der Waals surface area contributed by atoms with Gasteiger partial charge in [-0.15, -0.1) is 0 Å². The van der Waals surface area contributed by atoms with Gasteiger partial charge in [0.1, 0.15) is 0 Å². The number of ether oxygens (including phenoxy) is 1. The Kier molecular flexibility index (Phi) is 56.5. The maximum atomic E-state index is 12.5. The molecule has 0 aliphatic carbocycles. The fourth-order valence-electron chi connectivity index (χ4n) is 9.51. The number of rotatable bonds is 57. The van der Waals surface area contributed by atoms with Crippen LogP contribution < -0.4 is 5.32 Å². The third-order valence-electron chi connectivity index (χ3n) is 14.2. The first-order valence-corrected chi connectivity index (χ1v) is 30.6. The second-order valence-electron chi connectivity index (χ2n) is 21.0. The van der Waals surface area contributed by atoms with Crippen LogP contribution in [0.2, 0.25) is 0 Å². The summed E-state index contributed by atoms with van der Waals surface area (Å²) in [6.07, 6.45) is 70.7. The first-order valence-electron chi connectivity index (χ1n) is 30.6. The van der Waals surface area contributed by atoms with E-state index in [2.05, 4.69) is 31.3 Å². The fourth-order valence-corrected chi connectivity index (χ4v) is 9.51. The van der Waals surface area contributed by atoms with E-state index < -0.39 is 12.1 Å². The van der Waals surface area contributed by atoms with Gasteiger partial charge in [-0.25, -0.2) is 0 Å². The van der Waals surface area contributed by atoms with Crippen LogP contribution in [0.5, 0.6) is 0 Å². The van der Waals surface area contributed by atoms with Crippen molar-refractivity contribution in [2.75, 3.05) is 13.2 Å². The van der Waals surface area contributed by atoms with E-state index >= 15 is 0 Å². The summed E-state index contributed by atoms with van der Waals surface area (Å²) in [6.45, 7) is 4.85. The Balaban J connectivity index is 3.51. The van der Waals surface area contributed by atoms with Crippen molar-refractivity contribution in [3.63, 3.8) is 0 Å². The zero-order valence-corrected chi connectivity index (χ0v) is 45.9. The molecular weight excluding hydrogens is 839 g/mol. The van der Waals surface area contributed by atoms with Crippen molar-refractivity contribution in [1.82, 2.24) is 5.32 Å². The second kappa shape index (κ2) is 57.9. The molecule has 1 amide bonds. The highest BCUT2D eigenvalue weighted by Crippen LogP contribution is 2.18. The minimum absolute atomic E-state index is 0.0287. The Labute approximate surface area is 424 Å². The van der Waals surface area contributed by atoms with Crippen molar-refractivity contribution in [3.05, 3.63) is 24.3 Å². The van der Waals surface area contributed by atoms with Crippen LogP contribution in [-0.2, 0) is 14.3 Å². The summed E-state index contributed by atoms with van der Waals surface area (Å²) in [4.78, 5) is 24.6. The molecule has 0 saturated heterocycles. The van der Waals surface area contributed by atoms with Crippen LogP contribution in [0, 0.1) is 0 Å². The van der Waals surface area contributed by atoms with Crippen LogP contribution >= 0.6 is 0 Å². The van der Waals surface area contributed by atoms with Gasteiger partial charge >= 0.3 is 5.97 Å². The number of nitrogens with one attached hydrogen (secondary N) is 1. The molecule has 2 atom stereocenters. The molecule has 68 heavy (non-hydrogen) atoms. The first kappa shape index (κ1) is 66.3. The predicted molar refractivity (Wildman–Crippen MR) is 296 cm³/mol. The van der Waals surface area contributed by atoms with Gasteiger partial charge in [-0.2, -0.15) is 0 Å². The van der Waals surface area contributed by atoms with E-state index in [4.69, 9.17) is 4.74 Å². The summed E-state index contributed by atoms with van der Waals surface area (Å²) >= 11 is 0. The lowest BCUT2D eigenvalue weighted by molar-refractivity contribution is -0.143. The molecule has 0 heterocycles. The fraction of sp³-hybridized carbons (Fsp3) is 0.903. The number of allylic oxidation sites excluding steroid dienone is 3. The number of amides is 1. The van der Waals surface area contributed by atoms with Crippen molar-refractivity contribution in [2.45, 2.75) is 347 Å². The van der Waals surface area contributed by atoms with Crippen LogP contribution in [0.1, 0.15) is 335 Å². The van der Waals surface area contributed by atoms with Crippen LogP contribution in [0.3, 0.4) is 0 Å². The summed E-state index contributed by atoms with van der Waals surface area (Å²) in [5.74, 6) is -0.122. The van der Waals surface area contributed by atoms with Crippen molar-refractivity contribution in [2.24, 2.45) is 0 Å². The van der Waals surface area contributed by atoms with E-state index in [0.717, 1.165) is 83.5 Å². The lowest BCUT2D eigenvalue weighted by atomic mass is 10.0. The molecule has 0 saturated carbocycles. The lowest BCUT2D eigenvalue weighted by Gasteiger charge is -2.20. The molecule has 0 aromatic rings. The number of esters is 1. The van der Waals surface area contributed by atoms with Crippen LogP contribution in [0.4, 0.5) is 0 Å². The highest BCUT2D eigenvalue weighted by molar-refractivity contribution is 5.76. The predicted octanol–water partition coefficient (Wildman–Crippen LogP) is 19.0. The average Bonchev–Trinajstić information content (AvgIpc) is 3.34. The molecule has 0 aromatic heterocycles. The molecule has 6 nitrogen and oxygen atoms in total. The Hall–Kier alpha value is -1.66. The smallest absolute Gasteiger partial charge is 0.305 e. The van der Waals surface area contributed by atoms with Gasteiger partial charge in [0.05, 0.1) is 25.4 Å². The van der Waals surface area contributed by atoms with Crippen LogP contribution in [-0.4, -0.2) is 47.4 Å². The summed E-state index contributed by atoms with van der Waals surface area (Å²) < 4.78 is 5.45. The minimum atomic E-state index is -0.863. The topological polar surface area (TPSA) is 95.9 Å². The summed E-state index contributed by atoms with van der Waals surface area (Å²) in [5, 5.41) is 23.2. The Bertz CT molecular complexity index is 1060. The highest BCUT2D eigenvalue weighted by Gasteiger charge is 2.18. The quantitative estimate of drug-likeness (QED) is 0.0321. The number of aliphatic hydroxyl groups excluding tert-OH is 2. The van der Waals surface area contributed by atoms with E-state index in [1.165, 1.54) is 225 Å². The van der Waals surface area contributed by atoms with Gasteiger partial charge in [-0.3, -0.25) is 9.59 Å².